The molecule has 0 saturated carbocycles. The minimum absolute atomic E-state index is 0.0763. The zero-order chi connectivity index (χ0) is 11.7. The molecule has 0 radical (unpaired) electrons. The molecule has 0 bridgehead atoms. The third-order valence-corrected chi connectivity index (χ3v) is 2.50. The highest BCUT2D eigenvalue weighted by Crippen LogP contribution is 2.15. The van der Waals surface area contributed by atoms with E-state index in [-0.39, 0.29) is 6.61 Å². The monoisotopic (exact) mass is 232 g/mol. The Morgan fingerprint density at radius 2 is 2.13 bits per heavy atom. The average Bonchev–Trinajstić information content (AvgIpc) is 2.48. The van der Waals surface area contributed by atoms with E-state index in [0.717, 1.165) is 11.8 Å². The van der Waals surface area contributed by atoms with E-state index in [1.807, 2.05) is 27.0 Å². The highest BCUT2D eigenvalue weighted by atomic mass is 32.2. The molecule has 0 aliphatic rings. The molecule has 0 aromatic carbocycles. The number of hydrogen-bond acceptors (Lipinski definition) is 4. The standard InChI is InChI=1S/C9H16N2O3S/c1-8-5-10-11(6-8)9(2,3)7-14-15(4,12)13/h5-6H,7H2,1-4H3. The molecule has 1 aromatic heterocycles. The Morgan fingerprint density at radius 3 is 2.53 bits per heavy atom. The zero-order valence-electron chi connectivity index (χ0n) is 9.39. The van der Waals surface area contributed by atoms with Crippen molar-refractivity contribution in [2.75, 3.05) is 12.9 Å². The van der Waals surface area contributed by atoms with Gasteiger partial charge in [-0.2, -0.15) is 13.5 Å². The number of nitrogens with zero attached hydrogens (tertiary/aromatic N) is 2. The Hall–Kier alpha value is -0.880. The van der Waals surface area contributed by atoms with Gasteiger partial charge in [-0.25, -0.2) is 0 Å². The molecule has 86 valence electrons. The SMILES string of the molecule is Cc1cnn(C(C)(C)COS(C)(=O)=O)c1. The van der Waals surface area contributed by atoms with Crippen LogP contribution in [0.3, 0.4) is 0 Å². The van der Waals surface area contributed by atoms with Crippen molar-refractivity contribution in [2.24, 2.45) is 0 Å². The topological polar surface area (TPSA) is 61.2 Å². The maximum absolute atomic E-state index is 10.9. The predicted octanol–water partition coefficient (Wildman–Crippen LogP) is 0.903. The van der Waals surface area contributed by atoms with Gasteiger partial charge in [-0.3, -0.25) is 8.86 Å². The summed E-state index contributed by atoms with van der Waals surface area (Å²) < 4.78 is 28.2. The second-order valence-corrected chi connectivity index (χ2v) is 5.88. The Kier molecular flexibility index (Phi) is 3.20. The van der Waals surface area contributed by atoms with Crippen molar-refractivity contribution in [1.29, 1.82) is 0 Å². The van der Waals surface area contributed by atoms with Crippen molar-refractivity contribution >= 4 is 10.1 Å². The van der Waals surface area contributed by atoms with Gasteiger partial charge in [0.25, 0.3) is 10.1 Å². The molecule has 0 amide bonds. The van der Waals surface area contributed by atoms with Gasteiger partial charge < -0.3 is 0 Å². The second-order valence-electron chi connectivity index (χ2n) is 4.24. The Balaban J connectivity index is 2.76. The summed E-state index contributed by atoms with van der Waals surface area (Å²) in [6, 6.07) is 0. The van der Waals surface area contributed by atoms with Crippen LogP contribution in [0.15, 0.2) is 12.4 Å². The average molecular weight is 232 g/mol. The van der Waals surface area contributed by atoms with Crippen LogP contribution in [-0.4, -0.2) is 31.1 Å². The molecule has 1 rings (SSSR count). The number of rotatable bonds is 4. The van der Waals surface area contributed by atoms with Gasteiger partial charge in [0.1, 0.15) is 0 Å². The first-order valence-corrected chi connectivity index (χ1v) is 6.38. The zero-order valence-corrected chi connectivity index (χ0v) is 10.2. The lowest BCUT2D eigenvalue weighted by Gasteiger charge is -2.24. The van der Waals surface area contributed by atoms with Crippen LogP contribution in [0.5, 0.6) is 0 Å². The first-order chi connectivity index (χ1) is 6.71. The Bertz CT molecular complexity index is 434. The number of aromatic nitrogens is 2. The van der Waals surface area contributed by atoms with Crippen LogP contribution in [0, 0.1) is 6.92 Å². The van der Waals surface area contributed by atoms with Crippen molar-refractivity contribution in [2.45, 2.75) is 26.3 Å². The molecule has 6 heteroatoms. The summed E-state index contributed by atoms with van der Waals surface area (Å²) in [6.45, 7) is 5.74. The minimum atomic E-state index is -3.40. The molecule has 1 aromatic rings. The molecule has 0 aliphatic carbocycles. The fraction of sp³-hybridized carbons (Fsp3) is 0.667. The van der Waals surface area contributed by atoms with Gasteiger partial charge in [-0.1, -0.05) is 0 Å². The van der Waals surface area contributed by atoms with Crippen LogP contribution in [0.2, 0.25) is 0 Å². The van der Waals surface area contributed by atoms with Gasteiger partial charge >= 0.3 is 0 Å². The molecule has 15 heavy (non-hydrogen) atoms. The van der Waals surface area contributed by atoms with Crippen molar-refractivity contribution in [3.8, 4) is 0 Å². The van der Waals surface area contributed by atoms with Gasteiger partial charge in [0.2, 0.25) is 0 Å². The molecule has 0 atom stereocenters. The number of aryl methyl sites for hydroxylation is 1. The maximum atomic E-state index is 10.9. The van der Waals surface area contributed by atoms with Crippen molar-refractivity contribution in [1.82, 2.24) is 9.78 Å². The van der Waals surface area contributed by atoms with Gasteiger partial charge in [0.05, 0.1) is 24.6 Å². The summed E-state index contributed by atoms with van der Waals surface area (Å²) in [7, 11) is -3.40. The fourth-order valence-corrected chi connectivity index (χ4v) is 1.56. The molecule has 0 saturated heterocycles. The first kappa shape index (κ1) is 12.2. The van der Waals surface area contributed by atoms with E-state index in [4.69, 9.17) is 4.18 Å². The Morgan fingerprint density at radius 1 is 1.53 bits per heavy atom. The smallest absolute Gasteiger partial charge is 0.264 e. The highest BCUT2D eigenvalue weighted by molar-refractivity contribution is 7.85. The van der Waals surface area contributed by atoms with E-state index < -0.39 is 15.7 Å². The summed E-state index contributed by atoms with van der Waals surface area (Å²) in [5.41, 5.74) is 0.555. The summed E-state index contributed by atoms with van der Waals surface area (Å²) in [5.74, 6) is 0. The van der Waals surface area contributed by atoms with Gasteiger partial charge in [0.15, 0.2) is 0 Å². The van der Waals surface area contributed by atoms with Crippen LogP contribution < -0.4 is 0 Å². The van der Waals surface area contributed by atoms with E-state index in [1.54, 1.807) is 10.9 Å². The molecule has 5 nitrogen and oxygen atoms in total. The molecule has 0 N–H and O–H groups in total. The van der Waals surface area contributed by atoms with Gasteiger partial charge in [-0.15, -0.1) is 0 Å². The summed E-state index contributed by atoms with van der Waals surface area (Å²) in [4.78, 5) is 0. The van der Waals surface area contributed by atoms with Crippen LogP contribution in [-0.2, 0) is 19.8 Å². The molecule has 1 heterocycles. The first-order valence-electron chi connectivity index (χ1n) is 4.57. The predicted molar refractivity (Wildman–Crippen MR) is 57.1 cm³/mol. The van der Waals surface area contributed by atoms with Crippen LogP contribution in [0.1, 0.15) is 19.4 Å². The lowest BCUT2D eigenvalue weighted by molar-refractivity contribution is 0.177. The van der Waals surface area contributed by atoms with Crippen LogP contribution >= 0.6 is 0 Å². The summed E-state index contributed by atoms with van der Waals surface area (Å²) in [6.07, 6.45) is 4.62. The number of hydrogen-bond donors (Lipinski definition) is 0. The van der Waals surface area contributed by atoms with E-state index in [2.05, 4.69) is 5.10 Å². The van der Waals surface area contributed by atoms with Crippen molar-refractivity contribution < 1.29 is 12.6 Å². The molecule has 0 fully saturated rings. The molecule has 0 spiro atoms. The normalized spacial score (nSPS) is 13.1. The largest absolute Gasteiger partial charge is 0.268 e. The third-order valence-electron chi connectivity index (χ3n) is 1.96. The van der Waals surface area contributed by atoms with Crippen molar-refractivity contribution in [3.63, 3.8) is 0 Å². The van der Waals surface area contributed by atoms with E-state index >= 15 is 0 Å². The van der Waals surface area contributed by atoms with Crippen LogP contribution in [0.4, 0.5) is 0 Å². The van der Waals surface area contributed by atoms with Gasteiger partial charge in [0, 0.05) is 6.20 Å². The third kappa shape index (κ3) is 3.64. The fourth-order valence-electron chi connectivity index (χ4n) is 1.06. The second kappa shape index (κ2) is 3.94. The summed E-state index contributed by atoms with van der Waals surface area (Å²) in [5, 5.41) is 4.13. The molecular formula is C9H16N2O3S. The Labute approximate surface area is 90.2 Å². The maximum Gasteiger partial charge on any atom is 0.264 e. The lowest BCUT2D eigenvalue weighted by atomic mass is 10.1. The van der Waals surface area contributed by atoms with Crippen LogP contribution in [0.25, 0.3) is 0 Å². The summed E-state index contributed by atoms with van der Waals surface area (Å²) >= 11 is 0. The highest BCUT2D eigenvalue weighted by Gasteiger charge is 2.23. The lowest BCUT2D eigenvalue weighted by Crippen LogP contribution is -2.33. The van der Waals surface area contributed by atoms with E-state index in [0.29, 0.717) is 0 Å². The molecule has 0 unspecified atom stereocenters. The van der Waals surface area contributed by atoms with E-state index in [1.165, 1.54) is 0 Å². The quantitative estimate of drug-likeness (QED) is 0.724. The van der Waals surface area contributed by atoms with Crippen molar-refractivity contribution in [3.05, 3.63) is 18.0 Å². The molecular weight excluding hydrogens is 216 g/mol. The molecule has 0 aliphatic heterocycles. The van der Waals surface area contributed by atoms with Gasteiger partial charge in [-0.05, 0) is 26.3 Å². The van der Waals surface area contributed by atoms with E-state index in [9.17, 15) is 8.42 Å². The minimum Gasteiger partial charge on any atom is -0.268 e.